The van der Waals surface area contributed by atoms with Crippen LogP contribution >= 0.6 is 0 Å². The Bertz CT molecular complexity index is 820. The van der Waals surface area contributed by atoms with Crippen molar-refractivity contribution in [1.29, 1.82) is 0 Å². The SMILES string of the molecule is CO[C@@H]1C(O[C@@H]2O[C@H](C)[C@@H](O)[C@H](N(C)C)[C@H]2O)[C@@H](CC=O)C[C@@H](C)/C=C\C=C\C(O)C[C@@H](C)OC(=O)C[C@H]1O. The summed E-state index contributed by atoms with van der Waals surface area (Å²) in [5, 5.41) is 43.0. The number of aliphatic hydroxyl groups is 4. The Labute approximate surface area is 231 Å². The molecule has 0 aliphatic carbocycles. The van der Waals surface area contributed by atoms with Crippen molar-refractivity contribution in [3.63, 3.8) is 0 Å². The maximum absolute atomic E-state index is 12.6. The first-order valence-corrected chi connectivity index (χ1v) is 13.6. The summed E-state index contributed by atoms with van der Waals surface area (Å²) in [5.41, 5.74) is 0. The van der Waals surface area contributed by atoms with E-state index in [4.69, 9.17) is 18.9 Å². The molecule has 39 heavy (non-hydrogen) atoms. The molecule has 2 aliphatic heterocycles. The van der Waals surface area contributed by atoms with Crippen molar-refractivity contribution in [2.24, 2.45) is 11.8 Å². The molecule has 0 aromatic rings. The average molecular weight is 558 g/mol. The molecule has 0 bridgehead atoms. The molecule has 1 fully saturated rings. The van der Waals surface area contributed by atoms with Gasteiger partial charge in [0, 0.05) is 20.0 Å². The summed E-state index contributed by atoms with van der Waals surface area (Å²) >= 11 is 0. The molecule has 2 unspecified atom stereocenters. The zero-order valence-electron chi connectivity index (χ0n) is 23.8. The maximum atomic E-state index is 12.6. The summed E-state index contributed by atoms with van der Waals surface area (Å²) in [6.07, 6.45) is -0.852. The first-order chi connectivity index (χ1) is 18.4. The highest BCUT2D eigenvalue weighted by atomic mass is 16.7. The van der Waals surface area contributed by atoms with Crippen molar-refractivity contribution in [3.05, 3.63) is 24.3 Å². The summed E-state index contributed by atoms with van der Waals surface area (Å²) in [5.74, 6) is -1.21. The van der Waals surface area contributed by atoms with Gasteiger partial charge < -0.3 is 49.1 Å². The number of methoxy groups -OCH3 is 1. The van der Waals surface area contributed by atoms with E-state index in [0.717, 1.165) is 6.29 Å². The minimum absolute atomic E-state index is 0.0400. The smallest absolute Gasteiger partial charge is 0.308 e. The number of hydrogen-bond donors (Lipinski definition) is 4. The van der Waals surface area contributed by atoms with E-state index in [1.807, 2.05) is 13.0 Å². The average Bonchev–Trinajstić information content (AvgIpc) is 2.83. The summed E-state index contributed by atoms with van der Waals surface area (Å²) in [7, 11) is 4.82. The fourth-order valence-electron chi connectivity index (χ4n) is 5.38. The molecule has 2 rings (SSSR count). The number of allylic oxidation sites excluding steroid dienone is 3. The van der Waals surface area contributed by atoms with Gasteiger partial charge in [-0.2, -0.15) is 0 Å². The summed E-state index contributed by atoms with van der Waals surface area (Å²) in [6.45, 7) is 5.28. The normalized spacial score (nSPS) is 43.0. The third-order valence-electron chi connectivity index (χ3n) is 7.38. The fourth-order valence-corrected chi connectivity index (χ4v) is 5.38. The largest absolute Gasteiger partial charge is 0.462 e. The van der Waals surface area contributed by atoms with E-state index in [1.165, 1.54) is 7.11 Å². The Morgan fingerprint density at radius 3 is 2.31 bits per heavy atom. The highest BCUT2D eigenvalue weighted by Crippen LogP contribution is 2.32. The van der Waals surface area contributed by atoms with E-state index >= 15 is 0 Å². The van der Waals surface area contributed by atoms with Crippen molar-refractivity contribution in [3.8, 4) is 0 Å². The van der Waals surface area contributed by atoms with Crippen LogP contribution in [0.5, 0.6) is 0 Å². The lowest BCUT2D eigenvalue weighted by molar-refractivity contribution is -0.309. The fraction of sp³-hybridized carbons (Fsp3) is 0.786. The van der Waals surface area contributed by atoms with Gasteiger partial charge in [0.15, 0.2) is 6.29 Å². The van der Waals surface area contributed by atoms with Gasteiger partial charge in [-0.15, -0.1) is 0 Å². The molecular weight excluding hydrogens is 510 g/mol. The van der Waals surface area contributed by atoms with Crippen LogP contribution in [0.15, 0.2) is 24.3 Å². The van der Waals surface area contributed by atoms with Crippen LogP contribution in [0, 0.1) is 11.8 Å². The van der Waals surface area contributed by atoms with Gasteiger partial charge in [-0.3, -0.25) is 4.79 Å². The molecule has 0 amide bonds. The van der Waals surface area contributed by atoms with Crippen LogP contribution in [0.4, 0.5) is 0 Å². The third-order valence-corrected chi connectivity index (χ3v) is 7.38. The molecule has 0 radical (unpaired) electrons. The number of likely N-dealkylation sites (N-methyl/N-ethyl adjacent to an activating group) is 1. The second kappa shape index (κ2) is 15.9. The molecule has 4 N–H and O–H groups in total. The van der Waals surface area contributed by atoms with E-state index in [2.05, 4.69) is 0 Å². The first kappa shape index (κ1) is 33.5. The van der Waals surface area contributed by atoms with E-state index in [1.54, 1.807) is 51.1 Å². The molecule has 11 heteroatoms. The highest BCUT2D eigenvalue weighted by molar-refractivity contribution is 5.70. The molecule has 2 aliphatic rings. The number of ether oxygens (including phenoxy) is 4. The number of nitrogens with zero attached hydrogens (tertiary/aromatic N) is 1. The third kappa shape index (κ3) is 9.72. The highest BCUT2D eigenvalue weighted by Gasteiger charge is 2.47. The van der Waals surface area contributed by atoms with Crippen molar-refractivity contribution in [1.82, 2.24) is 4.90 Å². The number of cyclic esters (lactones) is 1. The van der Waals surface area contributed by atoms with Crippen LogP contribution in [0.1, 0.15) is 46.5 Å². The van der Waals surface area contributed by atoms with Crippen LogP contribution in [0.25, 0.3) is 0 Å². The van der Waals surface area contributed by atoms with Gasteiger partial charge in [-0.25, -0.2) is 0 Å². The number of aldehydes is 1. The minimum atomic E-state index is -1.37. The summed E-state index contributed by atoms with van der Waals surface area (Å²) < 4.78 is 23.2. The predicted octanol–water partition coefficient (Wildman–Crippen LogP) is 0.575. The summed E-state index contributed by atoms with van der Waals surface area (Å²) in [4.78, 5) is 26.1. The van der Waals surface area contributed by atoms with Crippen LogP contribution in [0.2, 0.25) is 0 Å². The lowest BCUT2D eigenvalue weighted by Gasteiger charge is -2.46. The van der Waals surface area contributed by atoms with Crippen LogP contribution in [-0.4, -0.2) is 120 Å². The van der Waals surface area contributed by atoms with Gasteiger partial charge in [0.05, 0.1) is 43.0 Å². The first-order valence-electron chi connectivity index (χ1n) is 13.6. The van der Waals surface area contributed by atoms with Gasteiger partial charge >= 0.3 is 5.97 Å². The van der Waals surface area contributed by atoms with E-state index in [9.17, 15) is 30.0 Å². The van der Waals surface area contributed by atoms with E-state index < -0.39 is 79.5 Å². The maximum Gasteiger partial charge on any atom is 0.308 e. The lowest BCUT2D eigenvalue weighted by Crippen LogP contribution is -2.63. The van der Waals surface area contributed by atoms with E-state index in [-0.39, 0.29) is 18.8 Å². The molecule has 0 aromatic heterocycles. The standard InChI is InChI=1S/C28H47NO10/c1-16-9-7-8-10-20(31)14-17(2)37-22(33)15-21(32)27(36-6)26(19(13-16)11-12-30)39-28-25(35)23(29(4)5)24(34)18(3)38-28/h7-10,12,16-21,23-28,31-32,34-35H,11,13-15H2,1-6H3/b9-7-,10-8+/t16-,17+,18+,19-,20?,21+,23-,24+,25+,26?,27-,28-/m0/s1. The number of aliphatic hydroxyl groups excluding tert-OH is 4. The molecule has 0 spiro atoms. The van der Waals surface area contributed by atoms with Crippen LogP contribution in [0.3, 0.4) is 0 Å². The molecule has 11 nitrogen and oxygen atoms in total. The Morgan fingerprint density at radius 2 is 1.69 bits per heavy atom. The number of carbonyl (C=O) groups excluding carboxylic acids is 2. The van der Waals surface area contributed by atoms with Crippen LogP contribution in [-0.2, 0) is 28.5 Å². The van der Waals surface area contributed by atoms with Crippen molar-refractivity contribution >= 4 is 12.3 Å². The number of esters is 1. The lowest BCUT2D eigenvalue weighted by atomic mass is 9.84. The number of carbonyl (C=O) groups is 2. The van der Waals surface area contributed by atoms with Crippen molar-refractivity contribution in [2.45, 2.75) is 108 Å². The van der Waals surface area contributed by atoms with E-state index in [0.29, 0.717) is 6.42 Å². The zero-order chi connectivity index (χ0) is 29.3. The quantitative estimate of drug-likeness (QED) is 0.268. The Morgan fingerprint density at radius 1 is 1.03 bits per heavy atom. The number of rotatable bonds is 6. The Balaban J connectivity index is 2.46. The number of hydrogen-bond acceptors (Lipinski definition) is 11. The second-order valence-electron chi connectivity index (χ2n) is 11.0. The molecule has 224 valence electrons. The Kier molecular flexibility index (Phi) is 13.7. The zero-order valence-corrected chi connectivity index (χ0v) is 23.8. The molecule has 2 heterocycles. The molecule has 0 aromatic carbocycles. The molecule has 12 atom stereocenters. The topological polar surface area (TPSA) is 155 Å². The van der Waals surface area contributed by atoms with Crippen LogP contribution < -0.4 is 0 Å². The van der Waals surface area contributed by atoms with Gasteiger partial charge in [0.2, 0.25) is 0 Å². The molecule has 0 saturated carbocycles. The van der Waals surface area contributed by atoms with Crippen molar-refractivity contribution in [2.75, 3.05) is 21.2 Å². The molecule has 1 saturated heterocycles. The second-order valence-corrected chi connectivity index (χ2v) is 11.0. The van der Waals surface area contributed by atoms with Gasteiger partial charge in [0.25, 0.3) is 0 Å². The van der Waals surface area contributed by atoms with Gasteiger partial charge in [0.1, 0.15) is 24.6 Å². The van der Waals surface area contributed by atoms with Crippen molar-refractivity contribution < 1.29 is 49.0 Å². The molecular formula is C28H47NO10. The van der Waals surface area contributed by atoms with Gasteiger partial charge in [-0.05, 0) is 46.2 Å². The predicted molar refractivity (Wildman–Crippen MR) is 143 cm³/mol. The summed E-state index contributed by atoms with van der Waals surface area (Å²) in [6, 6.07) is -0.694. The monoisotopic (exact) mass is 557 g/mol. The van der Waals surface area contributed by atoms with Gasteiger partial charge in [-0.1, -0.05) is 31.2 Å². The minimum Gasteiger partial charge on any atom is -0.462 e. The Hall–Kier alpha value is -1.70.